The Morgan fingerprint density at radius 3 is 2.37 bits per heavy atom. The van der Waals surface area contributed by atoms with Crippen molar-refractivity contribution in [3.05, 3.63) is 41.2 Å². The van der Waals surface area contributed by atoms with Crippen molar-refractivity contribution in [3.63, 3.8) is 0 Å². The summed E-state index contributed by atoms with van der Waals surface area (Å²) in [5, 5.41) is 7.33. The molecule has 150 valence electrons. The molecule has 0 bridgehead atoms. The molecule has 1 aromatic heterocycles. The number of benzene rings is 1. The van der Waals surface area contributed by atoms with E-state index in [2.05, 4.69) is 27.1 Å². The van der Waals surface area contributed by atoms with Crippen LogP contribution in [0.5, 0.6) is 5.75 Å². The van der Waals surface area contributed by atoms with Crippen molar-refractivity contribution in [2.24, 2.45) is 17.8 Å². The van der Waals surface area contributed by atoms with Crippen LogP contribution in [0.4, 0.5) is 18.9 Å². The van der Waals surface area contributed by atoms with Gasteiger partial charge in [-0.2, -0.15) is 5.10 Å². The standard InChI is InChI=1S/C17H22F3N5O.HI/c1-4-14-13(15(5-2)25(3)24-14)10-22-16(21)23-11-6-8-12(9-7-11)26-17(18,19)20;/h6-9H,4-5,10H2,1-3H3,(H3,21,22,23);1H. The number of aliphatic imine (C=N–C) groups is 1. The number of rotatable bonds is 6. The molecule has 2 aromatic rings. The lowest BCUT2D eigenvalue weighted by Gasteiger charge is -2.10. The number of nitrogens with two attached hydrogens (primary N) is 1. The summed E-state index contributed by atoms with van der Waals surface area (Å²) in [6.45, 7) is 4.46. The maximum absolute atomic E-state index is 12.2. The molecule has 0 fully saturated rings. The first-order valence-electron chi connectivity index (χ1n) is 8.19. The van der Waals surface area contributed by atoms with Gasteiger partial charge in [-0.1, -0.05) is 13.8 Å². The number of hydrogen-bond donors (Lipinski definition) is 2. The smallest absolute Gasteiger partial charge is 0.406 e. The van der Waals surface area contributed by atoms with E-state index in [-0.39, 0.29) is 35.7 Å². The normalized spacial score (nSPS) is 11.9. The number of aromatic nitrogens is 2. The molecule has 3 N–H and O–H groups in total. The van der Waals surface area contributed by atoms with E-state index in [1.165, 1.54) is 24.3 Å². The fraction of sp³-hybridized carbons (Fsp3) is 0.412. The molecule has 0 atom stereocenters. The monoisotopic (exact) mass is 497 g/mol. The van der Waals surface area contributed by atoms with Crippen LogP contribution in [0, 0.1) is 0 Å². The zero-order chi connectivity index (χ0) is 19.3. The number of nitrogens with zero attached hydrogens (tertiary/aromatic N) is 3. The van der Waals surface area contributed by atoms with Crippen molar-refractivity contribution < 1.29 is 17.9 Å². The Balaban J connectivity index is 0.00000364. The molecule has 0 aliphatic rings. The van der Waals surface area contributed by atoms with Gasteiger partial charge in [0, 0.05) is 24.0 Å². The largest absolute Gasteiger partial charge is 0.573 e. The lowest BCUT2D eigenvalue weighted by atomic mass is 10.1. The summed E-state index contributed by atoms with van der Waals surface area (Å²) in [7, 11) is 1.90. The van der Waals surface area contributed by atoms with Gasteiger partial charge in [-0.25, -0.2) is 4.99 Å². The average Bonchev–Trinajstić information content (AvgIpc) is 2.88. The van der Waals surface area contributed by atoms with Gasteiger partial charge in [0.25, 0.3) is 0 Å². The van der Waals surface area contributed by atoms with E-state index in [0.717, 1.165) is 29.8 Å². The molecule has 10 heteroatoms. The molecular formula is C17H23F3IN5O. The summed E-state index contributed by atoms with van der Waals surface area (Å²) >= 11 is 0. The highest BCUT2D eigenvalue weighted by molar-refractivity contribution is 14.0. The Morgan fingerprint density at radius 2 is 1.85 bits per heavy atom. The quantitative estimate of drug-likeness (QED) is 0.360. The zero-order valence-corrected chi connectivity index (χ0v) is 17.6. The Bertz CT molecular complexity index is 772. The van der Waals surface area contributed by atoms with Gasteiger partial charge in [0.05, 0.1) is 12.2 Å². The molecule has 0 radical (unpaired) electrons. The Hall–Kier alpha value is -1.98. The van der Waals surface area contributed by atoms with Crippen LogP contribution < -0.4 is 15.8 Å². The van der Waals surface area contributed by atoms with Crippen LogP contribution >= 0.6 is 24.0 Å². The first-order chi connectivity index (χ1) is 12.2. The highest BCUT2D eigenvalue weighted by Gasteiger charge is 2.30. The van der Waals surface area contributed by atoms with Crippen LogP contribution in [0.1, 0.15) is 30.8 Å². The second-order valence-corrected chi connectivity index (χ2v) is 5.60. The molecule has 0 spiro atoms. The first-order valence-corrected chi connectivity index (χ1v) is 8.19. The Kier molecular flexibility index (Phi) is 8.38. The van der Waals surface area contributed by atoms with Crippen LogP contribution in [-0.2, 0) is 26.4 Å². The third kappa shape index (κ3) is 6.60. The molecule has 0 amide bonds. The van der Waals surface area contributed by atoms with Crippen molar-refractivity contribution in [2.45, 2.75) is 39.6 Å². The molecule has 27 heavy (non-hydrogen) atoms. The Morgan fingerprint density at radius 1 is 1.22 bits per heavy atom. The van der Waals surface area contributed by atoms with Crippen LogP contribution in [0.25, 0.3) is 0 Å². The van der Waals surface area contributed by atoms with Crippen molar-refractivity contribution >= 4 is 35.6 Å². The predicted octanol–water partition coefficient (Wildman–Crippen LogP) is 3.99. The van der Waals surface area contributed by atoms with E-state index >= 15 is 0 Å². The number of hydrogen-bond acceptors (Lipinski definition) is 3. The second kappa shape index (κ2) is 9.81. The fourth-order valence-electron chi connectivity index (χ4n) is 2.66. The molecule has 0 saturated heterocycles. The highest BCUT2D eigenvalue weighted by Crippen LogP contribution is 2.24. The maximum Gasteiger partial charge on any atom is 0.573 e. The van der Waals surface area contributed by atoms with E-state index < -0.39 is 6.36 Å². The van der Waals surface area contributed by atoms with E-state index in [9.17, 15) is 13.2 Å². The summed E-state index contributed by atoms with van der Waals surface area (Å²) in [4.78, 5) is 4.32. The number of guanidine groups is 1. The first kappa shape index (κ1) is 23.1. The second-order valence-electron chi connectivity index (χ2n) is 5.60. The van der Waals surface area contributed by atoms with Crippen molar-refractivity contribution in [1.82, 2.24) is 9.78 Å². The molecule has 0 saturated carbocycles. The van der Waals surface area contributed by atoms with Gasteiger partial charge in [-0.05, 0) is 37.1 Å². The number of anilines is 1. The summed E-state index contributed by atoms with van der Waals surface area (Å²) in [5.74, 6) is -0.128. The van der Waals surface area contributed by atoms with Gasteiger partial charge in [0.2, 0.25) is 0 Å². The third-order valence-electron chi connectivity index (χ3n) is 3.80. The molecule has 0 unspecified atom stereocenters. The minimum atomic E-state index is -4.72. The molecule has 2 rings (SSSR count). The molecule has 0 aliphatic carbocycles. The zero-order valence-electron chi connectivity index (χ0n) is 15.3. The lowest BCUT2D eigenvalue weighted by Crippen LogP contribution is -2.22. The average molecular weight is 497 g/mol. The van der Waals surface area contributed by atoms with E-state index in [0.29, 0.717) is 12.2 Å². The van der Waals surface area contributed by atoms with Gasteiger partial charge in [0.15, 0.2) is 5.96 Å². The summed E-state index contributed by atoms with van der Waals surface area (Å²) in [6, 6.07) is 5.27. The summed E-state index contributed by atoms with van der Waals surface area (Å²) in [6.07, 6.45) is -3.08. The molecular weight excluding hydrogens is 474 g/mol. The molecule has 0 aliphatic heterocycles. The minimum Gasteiger partial charge on any atom is -0.406 e. The molecule has 1 heterocycles. The number of alkyl halides is 3. The van der Waals surface area contributed by atoms with Crippen LogP contribution in [0.2, 0.25) is 0 Å². The lowest BCUT2D eigenvalue weighted by molar-refractivity contribution is -0.274. The van der Waals surface area contributed by atoms with Crippen LogP contribution in [-0.4, -0.2) is 22.1 Å². The van der Waals surface area contributed by atoms with Gasteiger partial charge < -0.3 is 15.8 Å². The summed E-state index contributed by atoms with van der Waals surface area (Å²) in [5.41, 5.74) is 9.53. The number of aryl methyl sites for hydroxylation is 2. The molecule has 1 aromatic carbocycles. The number of ether oxygens (including phenoxy) is 1. The van der Waals surface area contributed by atoms with E-state index in [1.54, 1.807) is 0 Å². The van der Waals surface area contributed by atoms with Gasteiger partial charge >= 0.3 is 6.36 Å². The van der Waals surface area contributed by atoms with Crippen LogP contribution in [0.15, 0.2) is 29.3 Å². The highest BCUT2D eigenvalue weighted by atomic mass is 127. The molecule has 6 nitrogen and oxygen atoms in total. The fourth-order valence-corrected chi connectivity index (χ4v) is 2.66. The van der Waals surface area contributed by atoms with Crippen LogP contribution in [0.3, 0.4) is 0 Å². The van der Waals surface area contributed by atoms with Crippen molar-refractivity contribution in [1.29, 1.82) is 0 Å². The van der Waals surface area contributed by atoms with Gasteiger partial charge in [-0.15, -0.1) is 37.1 Å². The topological polar surface area (TPSA) is 77.5 Å². The van der Waals surface area contributed by atoms with Gasteiger partial charge in [0.1, 0.15) is 5.75 Å². The van der Waals surface area contributed by atoms with Gasteiger partial charge in [-0.3, -0.25) is 4.68 Å². The number of nitrogens with one attached hydrogen (secondary N) is 1. The predicted molar refractivity (Wildman–Crippen MR) is 109 cm³/mol. The number of halogens is 4. The van der Waals surface area contributed by atoms with E-state index in [1.807, 2.05) is 18.7 Å². The maximum atomic E-state index is 12.2. The third-order valence-corrected chi connectivity index (χ3v) is 3.80. The minimum absolute atomic E-state index is 0. The van der Waals surface area contributed by atoms with Crippen molar-refractivity contribution in [3.8, 4) is 5.75 Å². The summed E-state index contributed by atoms with van der Waals surface area (Å²) < 4.78 is 42.1. The Labute approximate surface area is 173 Å². The van der Waals surface area contributed by atoms with Crippen molar-refractivity contribution in [2.75, 3.05) is 5.32 Å². The SMILES string of the molecule is CCc1nn(C)c(CC)c1CN=C(N)Nc1ccc(OC(F)(F)F)cc1.I. The van der Waals surface area contributed by atoms with E-state index in [4.69, 9.17) is 5.73 Å².